The minimum absolute atomic E-state index is 0.444. The molecule has 15 heavy (non-hydrogen) atoms. The van der Waals surface area contributed by atoms with Gasteiger partial charge in [0, 0.05) is 4.90 Å². The van der Waals surface area contributed by atoms with E-state index in [1.807, 2.05) is 0 Å². The highest BCUT2D eigenvalue weighted by molar-refractivity contribution is 8.29. The summed E-state index contributed by atoms with van der Waals surface area (Å²) in [6.07, 6.45) is 0. The van der Waals surface area contributed by atoms with Crippen LogP contribution in [0, 0.1) is 6.92 Å². The molecule has 0 nitrogen and oxygen atoms in total. The van der Waals surface area contributed by atoms with Crippen molar-refractivity contribution in [3.63, 3.8) is 0 Å². The largest absolute Gasteiger partial charge is 0.151 e. The van der Waals surface area contributed by atoms with E-state index in [4.69, 9.17) is 0 Å². The van der Waals surface area contributed by atoms with Crippen molar-refractivity contribution in [3.05, 3.63) is 29.8 Å². The van der Waals surface area contributed by atoms with Crippen LogP contribution in [-0.4, -0.2) is 7.22 Å². The van der Waals surface area contributed by atoms with Crippen LogP contribution in [-0.2, 0) is 0 Å². The number of hydrogen-bond donors (Lipinski definition) is 0. The van der Waals surface area contributed by atoms with E-state index in [0.717, 1.165) is 0 Å². The molecule has 84 valence electrons. The van der Waals surface area contributed by atoms with Gasteiger partial charge in [0.25, 0.3) is 0 Å². The summed E-state index contributed by atoms with van der Waals surface area (Å²) < 4.78 is 0. The fraction of sp³-hybridized carbons (Fsp3) is 0.538. The van der Waals surface area contributed by atoms with Crippen LogP contribution >= 0.6 is 11.2 Å². The van der Waals surface area contributed by atoms with Gasteiger partial charge in [-0.25, -0.2) is 0 Å². The van der Waals surface area contributed by atoms with Gasteiger partial charge in [0.05, 0.1) is 0 Å². The molecule has 0 saturated carbocycles. The average Bonchev–Trinajstić information content (AvgIpc) is 2.06. The Hall–Kier alpha value is -0.213. The van der Waals surface area contributed by atoms with Gasteiger partial charge < -0.3 is 0 Å². The van der Waals surface area contributed by atoms with Crippen LogP contribution in [0.1, 0.15) is 26.3 Å². The first kappa shape index (κ1) is 12.9. The van der Waals surface area contributed by atoms with Crippen molar-refractivity contribution in [2.75, 3.05) is 0 Å². The summed E-state index contributed by atoms with van der Waals surface area (Å²) in [5, 5.41) is 0.444. The highest BCUT2D eigenvalue weighted by Gasteiger charge is 2.36. The first-order valence-corrected chi connectivity index (χ1v) is 10.0. The topological polar surface area (TPSA) is 0 Å². The molecular weight excluding hydrogens is 216 g/mol. The van der Waals surface area contributed by atoms with Crippen LogP contribution in [0.15, 0.2) is 29.2 Å². The third-order valence-electron chi connectivity index (χ3n) is 3.26. The van der Waals surface area contributed by atoms with Gasteiger partial charge in [0.1, 0.15) is 7.22 Å². The van der Waals surface area contributed by atoms with Gasteiger partial charge in [0.2, 0.25) is 0 Å². The summed E-state index contributed by atoms with van der Waals surface area (Å²) in [5.41, 5.74) is 1.41. The first-order valence-electron chi connectivity index (χ1n) is 5.49. The number of rotatable bonds is 2. The maximum atomic E-state index is 2.46. The standard InChI is InChI=1S/C13H22SSi/c1-11-9-7-8-10-12(11)14-15(5,6)13(2,3)4/h7-10H,1-6H3. The lowest BCUT2D eigenvalue weighted by molar-refractivity contribution is 0.736. The van der Waals surface area contributed by atoms with E-state index < -0.39 is 7.22 Å². The molecule has 0 unspecified atom stereocenters. The third-order valence-corrected chi connectivity index (χ3v) is 12.1. The van der Waals surface area contributed by atoms with Crippen LogP contribution in [0.25, 0.3) is 0 Å². The van der Waals surface area contributed by atoms with Crippen molar-refractivity contribution in [1.29, 1.82) is 0 Å². The summed E-state index contributed by atoms with van der Waals surface area (Å²) in [5.74, 6) is 0. The Labute approximate surface area is 99.1 Å². The van der Waals surface area contributed by atoms with Gasteiger partial charge in [-0.2, -0.15) is 11.2 Å². The molecule has 0 aliphatic heterocycles. The smallest absolute Gasteiger partial charge is 0.122 e. The lowest BCUT2D eigenvalue weighted by Gasteiger charge is -2.36. The van der Waals surface area contributed by atoms with E-state index in [-0.39, 0.29) is 0 Å². The number of hydrogen-bond acceptors (Lipinski definition) is 1. The Morgan fingerprint density at radius 1 is 1.07 bits per heavy atom. The lowest BCUT2D eigenvalue weighted by atomic mass is 10.2. The molecule has 0 heterocycles. The summed E-state index contributed by atoms with van der Waals surface area (Å²) in [7, 11) is -1.26. The van der Waals surface area contributed by atoms with E-state index in [2.05, 4.69) is 76.3 Å². The maximum Gasteiger partial charge on any atom is 0.122 e. The lowest BCUT2D eigenvalue weighted by Crippen LogP contribution is -2.33. The SMILES string of the molecule is Cc1ccccc1S[Si](C)(C)C(C)(C)C. The number of benzene rings is 1. The monoisotopic (exact) mass is 238 g/mol. The Bertz CT molecular complexity index is 337. The quantitative estimate of drug-likeness (QED) is 0.647. The molecule has 0 radical (unpaired) electrons. The summed E-state index contributed by atoms with van der Waals surface area (Å²) in [6.45, 7) is 14.2. The van der Waals surface area contributed by atoms with E-state index >= 15 is 0 Å². The second-order valence-corrected chi connectivity index (χ2v) is 14.5. The van der Waals surface area contributed by atoms with Crippen molar-refractivity contribution in [2.45, 2.75) is 50.7 Å². The molecule has 0 aromatic heterocycles. The van der Waals surface area contributed by atoms with Crippen molar-refractivity contribution in [2.24, 2.45) is 0 Å². The van der Waals surface area contributed by atoms with Crippen LogP contribution in [0.2, 0.25) is 18.1 Å². The van der Waals surface area contributed by atoms with Crippen LogP contribution in [0.3, 0.4) is 0 Å². The van der Waals surface area contributed by atoms with Gasteiger partial charge in [0.15, 0.2) is 0 Å². The van der Waals surface area contributed by atoms with Crippen LogP contribution in [0.4, 0.5) is 0 Å². The van der Waals surface area contributed by atoms with E-state index in [1.165, 1.54) is 10.5 Å². The summed E-state index contributed by atoms with van der Waals surface area (Å²) >= 11 is 2.12. The zero-order chi connectivity index (χ0) is 11.7. The minimum atomic E-state index is -1.26. The molecule has 0 aliphatic carbocycles. The molecule has 0 bridgehead atoms. The number of aryl methyl sites for hydroxylation is 1. The summed E-state index contributed by atoms with van der Waals surface area (Å²) in [6, 6.07) is 8.71. The highest BCUT2D eigenvalue weighted by Crippen LogP contribution is 2.46. The van der Waals surface area contributed by atoms with E-state index in [0.29, 0.717) is 5.04 Å². The minimum Gasteiger partial charge on any atom is -0.151 e. The van der Waals surface area contributed by atoms with Crippen molar-refractivity contribution >= 4 is 18.4 Å². The van der Waals surface area contributed by atoms with Crippen LogP contribution < -0.4 is 0 Å². The fourth-order valence-corrected chi connectivity index (χ4v) is 5.59. The molecule has 0 aliphatic rings. The van der Waals surface area contributed by atoms with Gasteiger partial charge in [-0.3, -0.25) is 0 Å². The Balaban J connectivity index is 2.92. The summed E-state index contributed by atoms with van der Waals surface area (Å²) in [4.78, 5) is 1.46. The van der Waals surface area contributed by atoms with Crippen molar-refractivity contribution < 1.29 is 0 Å². The molecule has 0 spiro atoms. The Morgan fingerprint density at radius 2 is 1.60 bits per heavy atom. The van der Waals surface area contributed by atoms with Gasteiger partial charge in [-0.1, -0.05) is 52.1 Å². The fourth-order valence-electron chi connectivity index (χ4n) is 1.10. The Morgan fingerprint density at radius 3 is 2.07 bits per heavy atom. The third kappa shape index (κ3) is 3.12. The predicted molar refractivity (Wildman–Crippen MR) is 74.2 cm³/mol. The molecule has 0 N–H and O–H groups in total. The molecule has 0 atom stereocenters. The zero-order valence-corrected chi connectivity index (χ0v) is 12.5. The van der Waals surface area contributed by atoms with Gasteiger partial charge in [-0.15, -0.1) is 0 Å². The second kappa shape index (κ2) is 4.34. The molecule has 0 saturated heterocycles. The Kier molecular flexibility index (Phi) is 3.72. The predicted octanol–water partition coefficient (Wildman–Crippen LogP) is 5.09. The average molecular weight is 238 g/mol. The van der Waals surface area contributed by atoms with Gasteiger partial charge >= 0.3 is 0 Å². The van der Waals surface area contributed by atoms with Crippen molar-refractivity contribution in [3.8, 4) is 0 Å². The molecule has 1 aromatic rings. The molecular formula is C13H22SSi. The maximum absolute atomic E-state index is 2.46. The molecule has 1 rings (SSSR count). The van der Waals surface area contributed by atoms with Crippen molar-refractivity contribution in [1.82, 2.24) is 0 Å². The molecule has 1 aromatic carbocycles. The highest BCUT2D eigenvalue weighted by atomic mass is 32.4. The first-order chi connectivity index (χ1) is 6.74. The van der Waals surface area contributed by atoms with Crippen LogP contribution in [0.5, 0.6) is 0 Å². The molecule has 0 fully saturated rings. The van der Waals surface area contributed by atoms with E-state index in [1.54, 1.807) is 0 Å². The molecule has 0 amide bonds. The van der Waals surface area contributed by atoms with E-state index in [9.17, 15) is 0 Å². The molecule has 2 heteroatoms. The van der Waals surface area contributed by atoms with Gasteiger partial charge in [-0.05, 0) is 23.6 Å². The normalized spacial score (nSPS) is 12.9. The second-order valence-electron chi connectivity index (χ2n) is 5.63. The zero-order valence-electron chi connectivity index (χ0n) is 10.7.